The summed E-state index contributed by atoms with van der Waals surface area (Å²) in [7, 11) is 0. The highest BCUT2D eigenvalue weighted by Gasteiger charge is 2.22. The number of hydrogen-bond donors (Lipinski definition) is 2. The Morgan fingerprint density at radius 1 is 1.12 bits per heavy atom. The van der Waals surface area contributed by atoms with E-state index in [9.17, 15) is 0 Å². The van der Waals surface area contributed by atoms with Crippen molar-refractivity contribution in [3.63, 3.8) is 0 Å². The van der Waals surface area contributed by atoms with Gasteiger partial charge in [0.25, 0.3) is 0 Å². The molecular formula is C15H19N9. The van der Waals surface area contributed by atoms with Crippen molar-refractivity contribution in [3.8, 4) is 0 Å². The molecule has 0 aliphatic carbocycles. The summed E-state index contributed by atoms with van der Waals surface area (Å²) < 4.78 is 0. The predicted octanol–water partition coefficient (Wildman–Crippen LogP) is 0.901. The lowest BCUT2D eigenvalue weighted by atomic mass is 10.3. The van der Waals surface area contributed by atoms with Gasteiger partial charge in [-0.05, 0) is 13.0 Å². The molecule has 1 aliphatic heterocycles. The highest BCUT2D eigenvalue weighted by molar-refractivity contribution is 5.86. The van der Waals surface area contributed by atoms with Gasteiger partial charge in [-0.15, -0.1) is 0 Å². The summed E-state index contributed by atoms with van der Waals surface area (Å²) in [5.41, 5.74) is 0.768. The molecule has 2 N–H and O–H groups in total. The van der Waals surface area contributed by atoms with E-state index in [4.69, 9.17) is 0 Å². The summed E-state index contributed by atoms with van der Waals surface area (Å²) in [6, 6.07) is 1.89. The van der Waals surface area contributed by atoms with E-state index in [1.807, 2.05) is 6.07 Å². The normalized spacial score (nSPS) is 15.0. The maximum atomic E-state index is 4.57. The van der Waals surface area contributed by atoms with Crippen molar-refractivity contribution in [1.82, 2.24) is 30.1 Å². The zero-order valence-corrected chi connectivity index (χ0v) is 13.5. The van der Waals surface area contributed by atoms with Crippen LogP contribution in [0.15, 0.2) is 24.8 Å². The molecule has 1 fully saturated rings. The molecule has 0 atom stereocenters. The zero-order valence-electron chi connectivity index (χ0n) is 13.5. The Kier molecular flexibility index (Phi) is 3.81. The Bertz CT molecular complexity index is 822. The molecule has 24 heavy (non-hydrogen) atoms. The van der Waals surface area contributed by atoms with E-state index in [0.29, 0.717) is 0 Å². The van der Waals surface area contributed by atoms with Gasteiger partial charge in [0.15, 0.2) is 5.65 Å². The number of nitrogens with one attached hydrogen (secondary N) is 2. The summed E-state index contributed by atoms with van der Waals surface area (Å²) in [4.78, 5) is 22.1. The second kappa shape index (κ2) is 6.26. The lowest BCUT2D eigenvalue weighted by Gasteiger charge is -2.35. The van der Waals surface area contributed by atoms with Gasteiger partial charge in [0.05, 0.1) is 11.6 Å². The standard InChI is InChI=1S/C15H19N9/c1-2-16-12-3-4-17-15(21-12)24-7-5-23(6-8-24)14-11-9-20-22-13(11)18-10-19-14/h3-4,9-10H,2,5-8H2,1H3,(H,16,17,21)(H,18,19,20,22). The monoisotopic (exact) mass is 325 g/mol. The molecule has 9 nitrogen and oxygen atoms in total. The fourth-order valence-electron chi connectivity index (χ4n) is 2.90. The Balaban J connectivity index is 1.49. The molecule has 9 heteroatoms. The molecule has 0 spiro atoms. The van der Waals surface area contributed by atoms with Gasteiger partial charge in [-0.2, -0.15) is 10.1 Å². The SMILES string of the molecule is CCNc1ccnc(N2CCN(c3ncnc4[nH]ncc34)CC2)n1. The molecule has 0 saturated carbocycles. The first-order chi connectivity index (χ1) is 11.8. The number of hydrogen-bond acceptors (Lipinski definition) is 8. The highest BCUT2D eigenvalue weighted by Crippen LogP contribution is 2.23. The average molecular weight is 325 g/mol. The van der Waals surface area contributed by atoms with E-state index in [1.54, 1.807) is 18.7 Å². The summed E-state index contributed by atoms with van der Waals surface area (Å²) in [6.07, 6.45) is 5.15. The van der Waals surface area contributed by atoms with Crippen molar-refractivity contribution >= 4 is 28.6 Å². The maximum absolute atomic E-state index is 4.57. The first kappa shape index (κ1) is 14.6. The van der Waals surface area contributed by atoms with Crippen LogP contribution in [0.1, 0.15) is 6.92 Å². The number of aromatic amines is 1. The number of fused-ring (bicyclic) bond motifs is 1. The van der Waals surface area contributed by atoms with Gasteiger partial charge in [-0.3, -0.25) is 5.10 Å². The third-order valence-corrected chi connectivity index (χ3v) is 4.09. The van der Waals surface area contributed by atoms with Crippen LogP contribution in [0.4, 0.5) is 17.6 Å². The summed E-state index contributed by atoms with van der Waals surface area (Å²) in [5, 5.41) is 11.1. The molecule has 0 radical (unpaired) electrons. The van der Waals surface area contributed by atoms with Gasteiger partial charge in [0.1, 0.15) is 18.0 Å². The molecule has 0 aromatic carbocycles. The number of piperazine rings is 1. The lowest BCUT2D eigenvalue weighted by molar-refractivity contribution is 0.636. The largest absolute Gasteiger partial charge is 0.370 e. The zero-order chi connectivity index (χ0) is 16.4. The Hall–Kier alpha value is -2.97. The Morgan fingerprint density at radius 3 is 2.79 bits per heavy atom. The predicted molar refractivity (Wildman–Crippen MR) is 92.3 cm³/mol. The molecule has 4 rings (SSSR count). The Labute approximate surface area is 139 Å². The van der Waals surface area contributed by atoms with E-state index >= 15 is 0 Å². The van der Waals surface area contributed by atoms with E-state index in [-0.39, 0.29) is 0 Å². The van der Waals surface area contributed by atoms with Crippen LogP contribution in [0.25, 0.3) is 11.0 Å². The fraction of sp³-hybridized carbons (Fsp3) is 0.400. The second-order valence-corrected chi connectivity index (χ2v) is 5.58. The smallest absolute Gasteiger partial charge is 0.227 e. The van der Waals surface area contributed by atoms with Crippen molar-refractivity contribution < 1.29 is 0 Å². The highest BCUT2D eigenvalue weighted by atomic mass is 15.3. The molecule has 3 aromatic heterocycles. The van der Waals surface area contributed by atoms with E-state index in [1.165, 1.54) is 0 Å². The van der Waals surface area contributed by atoms with Crippen LogP contribution in [0.3, 0.4) is 0 Å². The molecule has 4 heterocycles. The van der Waals surface area contributed by atoms with Crippen LogP contribution in [-0.2, 0) is 0 Å². The molecule has 0 amide bonds. The van der Waals surface area contributed by atoms with Crippen LogP contribution in [0, 0.1) is 0 Å². The topological polar surface area (TPSA) is 98.8 Å². The van der Waals surface area contributed by atoms with Crippen molar-refractivity contribution in [2.45, 2.75) is 6.92 Å². The van der Waals surface area contributed by atoms with Crippen LogP contribution in [0.2, 0.25) is 0 Å². The number of H-pyrrole nitrogens is 1. The molecule has 1 aliphatic rings. The third kappa shape index (κ3) is 2.68. The lowest BCUT2D eigenvalue weighted by Crippen LogP contribution is -2.47. The first-order valence-electron chi connectivity index (χ1n) is 8.06. The molecule has 0 unspecified atom stereocenters. The van der Waals surface area contributed by atoms with E-state index in [0.717, 1.165) is 61.3 Å². The minimum absolute atomic E-state index is 0.768. The van der Waals surface area contributed by atoms with Crippen LogP contribution in [0.5, 0.6) is 0 Å². The van der Waals surface area contributed by atoms with Gasteiger partial charge < -0.3 is 15.1 Å². The van der Waals surface area contributed by atoms with Gasteiger partial charge >= 0.3 is 0 Å². The molecule has 124 valence electrons. The minimum atomic E-state index is 0.768. The fourth-order valence-corrected chi connectivity index (χ4v) is 2.90. The number of aromatic nitrogens is 6. The van der Waals surface area contributed by atoms with Crippen molar-refractivity contribution in [3.05, 3.63) is 24.8 Å². The minimum Gasteiger partial charge on any atom is -0.370 e. The summed E-state index contributed by atoms with van der Waals surface area (Å²) in [5.74, 6) is 2.56. The van der Waals surface area contributed by atoms with Gasteiger partial charge in [0, 0.05) is 38.9 Å². The first-order valence-corrected chi connectivity index (χ1v) is 8.06. The molecular weight excluding hydrogens is 306 g/mol. The van der Waals surface area contributed by atoms with Crippen LogP contribution < -0.4 is 15.1 Å². The average Bonchev–Trinajstić information content (AvgIpc) is 3.11. The van der Waals surface area contributed by atoms with E-state index in [2.05, 4.69) is 52.2 Å². The van der Waals surface area contributed by atoms with Gasteiger partial charge in [-0.1, -0.05) is 0 Å². The number of anilines is 3. The van der Waals surface area contributed by atoms with Crippen molar-refractivity contribution in [1.29, 1.82) is 0 Å². The second-order valence-electron chi connectivity index (χ2n) is 5.58. The quantitative estimate of drug-likeness (QED) is 0.730. The van der Waals surface area contributed by atoms with Gasteiger partial charge in [0.2, 0.25) is 5.95 Å². The number of rotatable bonds is 4. The number of nitrogens with zero attached hydrogens (tertiary/aromatic N) is 7. The van der Waals surface area contributed by atoms with E-state index < -0.39 is 0 Å². The molecule has 1 saturated heterocycles. The summed E-state index contributed by atoms with van der Waals surface area (Å²) >= 11 is 0. The van der Waals surface area contributed by atoms with Crippen LogP contribution >= 0.6 is 0 Å². The maximum Gasteiger partial charge on any atom is 0.227 e. The van der Waals surface area contributed by atoms with Gasteiger partial charge in [-0.25, -0.2) is 15.0 Å². The van der Waals surface area contributed by atoms with Crippen molar-refractivity contribution in [2.75, 3.05) is 47.8 Å². The van der Waals surface area contributed by atoms with Crippen molar-refractivity contribution in [2.24, 2.45) is 0 Å². The third-order valence-electron chi connectivity index (χ3n) is 4.09. The van der Waals surface area contributed by atoms with Crippen LogP contribution in [-0.4, -0.2) is 62.9 Å². The Morgan fingerprint density at radius 2 is 1.96 bits per heavy atom. The summed E-state index contributed by atoms with van der Waals surface area (Å²) in [6.45, 7) is 6.30. The molecule has 3 aromatic rings. The molecule has 0 bridgehead atoms.